The number of benzene rings is 1. The molecule has 106 valence electrons. The molecule has 5 nitrogen and oxygen atoms in total. The van der Waals surface area contributed by atoms with Crippen LogP contribution in [0.2, 0.25) is 5.15 Å². The molecule has 0 saturated carbocycles. The van der Waals surface area contributed by atoms with Crippen LogP contribution in [0, 0.1) is 12.3 Å². The maximum atomic E-state index is 12.3. The van der Waals surface area contributed by atoms with Gasteiger partial charge in [-0.05, 0) is 11.5 Å². The summed E-state index contributed by atoms with van der Waals surface area (Å²) in [5, 5.41) is 10.5. The molecule has 0 fully saturated rings. The highest BCUT2D eigenvalue weighted by molar-refractivity contribution is 6.34. The van der Waals surface area contributed by atoms with Crippen molar-refractivity contribution in [3.8, 4) is 12.3 Å². The summed E-state index contributed by atoms with van der Waals surface area (Å²) in [5.74, 6) is 0.542. The number of amides is 1. The van der Waals surface area contributed by atoms with Crippen LogP contribution in [0.3, 0.4) is 0 Å². The van der Waals surface area contributed by atoms with Gasteiger partial charge in [0.2, 0.25) is 0 Å². The molecule has 0 aliphatic rings. The molecule has 0 aliphatic carbocycles. The zero-order valence-electron chi connectivity index (χ0n) is 10.9. The number of fused-ring (bicyclic) bond motifs is 1. The molecule has 1 amide bonds. The van der Waals surface area contributed by atoms with Crippen LogP contribution in [-0.4, -0.2) is 40.0 Å². The number of carboxylic acids is 1. The first kappa shape index (κ1) is 14.8. The summed E-state index contributed by atoms with van der Waals surface area (Å²) in [6.45, 7) is -0.605. The smallest absolute Gasteiger partial charge is 0.323 e. The van der Waals surface area contributed by atoms with E-state index in [1.165, 1.54) is 0 Å². The van der Waals surface area contributed by atoms with Crippen LogP contribution in [0.25, 0.3) is 10.8 Å². The lowest BCUT2D eigenvalue weighted by Gasteiger charge is -2.17. The summed E-state index contributed by atoms with van der Waals surface area (Å²) in [6, 6.07) is 8.77. The van der Waals surface area contributed by atoms with E-state index < -0.39 is 18.4 Å². The maximum Gasteiger partial charge on any atom is 0.323 e. The van der Waals surface area contributed by atoms with Crippen molar-refractivity contribution in [3.63, 3.8) is 0 Å². The largest absolute Gasteiger partial charge is 0.480 e. The van der Waals surface area contributed by atoms with Crippen molar-refractivity contribution >= 4 is 34.2 Å². The number of aliphatic carboxylic acids is 1. The van der Waals surface area contributed by atoms with Gasteiger partial charge in [0.15, 0.2) is 0 Å². The van der Waals surface area contributed by atoms with Gasteiger partial charge in [0, 0.05) is 5.39 Å². The minimum atomic E-state index is -1.15. The van der Waals surface area contributed by atoms with Crippen LogP contribution < -0.4 is 0 Å². The highest BCUT2D eigenvalue weighted by atomic mass is 35.5. The highest BCUT2D eigenvalue weighted by Crippen LogP contribution is 2.22. The van der Waals surface area contributed by atoms with Gasteiger partial charge in [0.25, 0.3) is 5.91 Å². The molecule has 1 aromatic heterocycles. The third kappa shape index (κ3) is 3.30. The zero-order valence-corrected chi connectivity index (χ0v) is 11.7. The van der Waals surface area contributed by atoms with Gasteiger partial charge in [-0.25, -0.2) is 4.98 Å². The second-order valence-electron chi connectivity index (χ2n) is 4.28. The topological polar surface area (TPSA) is 70.5 Å². The molecule has 0 unspecified atom stereocenters. The Morgan fingerprint density at radius 1 is 1.38 bits per heavy atom. The minimum absolute atomic E-state index is 0.0650. The van der Waals surface area contributed by atoms with Gasteiger partial charge >= 0.3 is 5.97 Å². The molecule has 6 heteroatoms. The van der Waals surface area contributed by atoms with Gasteiger partial charge in [-0.2, -0.15) is 0 Å². The van der Waals surface area contributed by atoms with E-state index in [2.05, 4.69) is 10.9 Å². The fourth-order valence-electron chi connectivity index (χ4n) is 1.90. The van der Waals surface area contributed by atoms with E-state index in [1.807, 2.05) is 12.1 Å². The van der Waals surface area contributed by atoms with Crippen LogP contribution >= 0.6 is 11.6 Å². The molecule has 1 N–H and O–H groups in total. The monoisotopic (exact) mass is 302 g/mol. The van der Waals surface area contributed by atoms with Crippen molar-refractivity contribution in [1.29, 1.82) is 0 Å². The van der Waals surface area contributed by atoms with Crippen LogP contribution in [-0.2, 0) is 4.79 Å². The fourth-order valence-corrected chi connectivity index (χ4v) is 2.16. The van der Waals surface area contributed by atoms with Crippen molar-refractivity contribution in [2.24, 2.45) is 0 Å². The van der Waals surface area contributed by atoms with Gasteiger partial charge in [-0.15, -0.1) is 6.42 Å². The molecule has 21 heavy (non-hydrogen) atoms. The van der Waals surface area contributed by atoms with Crippen LogP contribution in [0.4, 0.5) is 0 Å². The lowest BCUT2D eigenvalue weighted by atomic mass is 10.1. The average Bonchev–Trinajstić information content (AvgIpc) is 2.45. The van der Waals surface area contributed by atoms with E-state index >= 15 is 0 Å². The van der Waals surface area contributed by atoms with Gasteiger partial charge in [-0.1, -0.05) is 41.8 Å². The number of terminal acetylenes is 1. The molecule has 0 atom stereocenters. The quantitative estimate of drug-likeness (QED) is 0.693. The molecule has 0 saturated heterocycles. The standard InChI is InChI=1S/C15H11ClN2O3/c1-2-7-18(9-13(19)20)15(21)12-8-10-5-3-4-6-11(10)14(16)17-12/h1,3-6,8H,7,9H2,(H,19,20). The number of carbonyl (C=O) groups is 2. The summed E-state index contributed by atoms with van der Waals surface area (Å²) in [7, 11) is 0. The number of carboxylic acid groups (broad SMARTS) is 1. The Hall–Kier alpha value is -2.58. The zero-order chi connectivity index (χ0) is 15.4. The molecular weight excluding hydrogens is 292 g/mol. The third-order valence-electron chi connectivity index (χ3n) is 2.81. The maximum absolute atomic E-state index is 12.3. The second-order valence-corrected chi connectivity index (χ2v) is 4.64. The van der Waals surface area contributed by atoms with E-state index in [9.17, 15) is 9.59 Å². The average molecular weight is 303 g/mol. The van der Waals surface area contributed by atoms with E-state index in [1.54, 1.807) is 18.2 Å². The molecule has 2 rings (SSSR count). The number of aromatic nitrogens is 1. The van der Waals surface area contributed by atoms with Crippen LogP contribution in [0.1, 0.15) is 10.5 Å². The Balaban J connectivity index is 2.42. The molecular formula is C15H11ClN2O3. The molecule has 0 bridgehead atoms. The Morgan fingerprint density at radius 2 is 2.10 bits per heavy atom. The molecule has 0 spiro atoms. The summed E-state index contributed by atoms with van der Waals surface area (Å²) < 4.78 is 0. The van der Waals surface area contributed by atoms with Crippen LogP contribution in [0.15, 0.2) is 30.3 Å². The Bertz CT molecular complexity index is 752. The number of hydrogen-bond acceptors (Lipinski definition) is 3. The van der Waals surface area contributed by atoms with Gasteiger partial charge in [-0.3, -0.25) is 9.59 Å². The summed E-state index contributed by atoms with van der Waals surface area (Å²) in [5.41, 5.74) is 0.0650. The molecule has 0 radical (unpaired) electrons. The number of carbonyl (C=O) groups excluding carboxylic acids is 1. The van der Waals surface area contributed by atoms with E-state index in [0.29, 0.717) is 0 Å². The second kappa shape index (κ2) is 6.25. The molecule has 0 aliphatic heterocycles. The Labute approximate surface area is 126 Å². The normalized spacial score (nSPS) is 10.1. The number of rotatable bonds is 4. The Morgan fingerprint density at radius 3 is 2.76 bits per heavy atom. The van der Waals surface area contributed by atoms with Crippen LogP contribution in [0.5, 0.6) is 0 Å². The van der Waals surface area contributed by atoms with E-state index in [0.717, 1.165) is 15.7 Å². The predicted octanol–water partition coefficient (Wildman–Crippen LogP) is 2.05. The fraction of sp³-hybridized carbons (Fsp3) is 0.133. The number of pyridine rings is 1. The lowest BCUT2D eigenvalue weighted by Crippen LogP contribution is -2.36. The molecule has 2 aromatic rings. The van der Waals surface area contributed by atoms with Gasteiger partial charge in [0.1, 0.15) is 17.4 Å². The first-order valence-electron chi connectivity index (χ1n) is 6.02. The number of halogens is 1. The molecule has 1 heterocycles. The highest BCUT2D eigenvalue weighted by Gasteiger charge is 2.20. The minimum Gasteiger partial charge on any atom is -0.480 e. The predicted molar refractivity (Wildman–Crippen MR) is 79.1 cm³/mol. The van der Waals surface area contributed by atoms with Crippen molar-refractivity contribution in [2.45, 2.75) is 0 Å². The van der Waals surface area contributed by atoms with E-state index in [4.69, 9.17) is 23.1 Å². The third-order valence-corrected chi connectivity index (χ3v) is 3.10. The van der Waals surface area contributed by atoms with Crippen molar-refractivity contribution < 1.29 is 14.7 Å². The Kier molecular flexibility index (Phi) is 4.41. The summed E-state index contributed by atoms with van der Waals surface area (Å²) in [6.07, 6.45) is 5.16. The summed E-state index contributed by atoms with van der Waals surface area (Å²) >= 11 is 6.06. The van der Waals surface area contributed by atoms with Crippen molar-refractivity contribution in [1.82, 2.24) is 9.88 Å². The van der Waals surface area contributed by atoms with Crippen molar-refractivity contribution in [2.75, 3.05) is 13.1 Å². The SMILES string of the molecule is C#CCN(CC(=O)O)C(=O)c1cc2ccccc2c(Cl)n1. The first-order valence-corrected chi connectivity index (χ1v) is 6.40. The number of hydrogen-bond donors (Lipinski definition) is 1. The first-order chi connectivity index (χ1) is 10.0. The molecule has 1 aromatic carbocycles. The lowest BCUT2D eigenvalue weighted by molar-refractivity contribution is -0.137. The van der Waals surface area contributed by atoms with Gasteiger partial charge < -0.3 is 10.0 Å². The van der Waals surface area contributed by atoms with Crippen molar-refractivity contribution in [3.05, 3.63) is 41.2 Å². The summed E-state index contributed by atoms with van der Waals surface area (Å²) in [4.78, 5) is 28.2. The van der Waals surface area contributed by atoms with E-state index in [-0.39, 0.29) is 17.4 Å². The number of nitrogens with zero attached hydrogens (tertiary/aromatic N) is 2. The van der Waals surface area contributed by atoms with Gasteiger partial charge in [0.05, 0.1) is 6.54 Å².